The van der Waals surface area contributed by atoms with Gasteiger partial charge < -0.3 is 20.0 Å². The largest absolute Gasteiger partial charge is 0.507 e. The third-order valence-electron chi connectivity index (χ3n) is 3.21. The van der Waals surface area contributed by atoms with Crippen LogP contribution in [-0.2, 0) is 0 Å². The molecule has 0 atom stereocenters. The molecule has 0 saturated carbocycles. The highest BCUT2D eigenvalue weighted by Crippen LogP contribution is 2.37. The van der Waals surface area contributed by atoms with E-state index in [2.05, 4.69) is 20.9 Å². The molecular weight excluding hydrogens is 336 g/mol. The molecule has 1 heterocycles. The standard InChI is InChI=1S/C15H13BrN2O3/c1-7-3-8(17)4-10(13(7)19)15-18-12-6-9(20-2)5-11(16)14(12)21-15/h3-6,19H,17H2,1-2H3. The number of nitrogens with zero attached hydrogens (tertiary/aromatic N) is 1. The van der Waals surface area contributed by atoms with Crippen molar-refractivity contribution in [2.45, 2.75) is 6.92 Å². The fourth-order valence-electron chi connectivity index (χ4n) is 2.17. The first kappa shape index (κ1) is 13.8. The lowest BCUT2D eigenvalue weighted by Gasteiger charge is -2.05. The lowest BCUT2D eigenvalue weighted by atomic mass is 10.1. The first-order chi connectivity index (χ1) is 9.99. The highest BCUT2D eigenvalue weighted by atomic mass is 79.9. The fraction of sp³-hybridized carbons (Fsp3) is 0.133. The van der Waals surface area contributed by atoms with Crippen LogP contribution in [0.25, 0.3) is 22.6 Å². The Morgan fingerprint density at radius 2 is 2.05 bits per heavy atom. The third kappa shape index (κ3) is 2.31. The van der Waals surface area contributed by atoms with Gasteiger partial charge in [0.15, 0.2) is 5.58 Å². The number of rotatable bonds is 2. The number of halogens is 1. The number of aromatic hydroxyl groups is 1. The zero-order valence-electron chi connectivity index (χ0n) is 11.5. The van der Waals surface area contributed by atoms with Gasteiger partial charge in [0.05, 0.1) is 17.1 Å². The van der Waals surface area contributed by atoms with E-state index >= 15 is 0 Å². The van der Waals surface area contributed by atoms with Gasteiger partial charge in [0.2, 0.25) is 5.89 Å². The lowest BCUT2D eigenvalue weighted by molar-refractivity contribution is 0.415. The maximum absolute atomic E-state index is 10.2. The number of nitrogen functional groups attached to an aromatic ring is 1. The number of aryl methyl sites for hydroxylation is 1. The number of anilines is 1. The molecule has 0 aliphatic heterocycles. The molecular formula is C15H13BrN2O3. The number of ether oxygens (including phenoxy) is 1. The Bertz CT molecular complexity index is 843. The molecule has 3 rings (SSSR count). The van der Waals surface area contributed by atoms with Crippen LogP contribution in [0.2, 0.25) is 0 Å². The number of aromatic nitrogens is 1. The van der Waals surface area contributed by atoms with Gasteiger partial charge in [0.25, 0.3) is 0 Å². The normalized spacial score (nSPS) is 11.0. The molecule has 0 spiro atoms. The van der Waals surface area contributed by atoms with E-state index in [1.165, 1.54) is 0 Å². The van der Waals surface area contributed by atoms with Crippen molar-refractivity contribution in [3.05, 3.63) is 34.3 Å². The van der Waals surface area contributed by atoms with Crippen LogP contribution in [-0.4, -0.2) is 17.2 Å². The van der Waals surface area contributed by atoms with Crippen molar-refractivity contribution in [1.82, 2.24) is 4.98 Å². The third-order valence-corrected chi connectivity index (χ3v) is 3.80. The van der Waals surface area contributed by atoms with Crippen LogP contribution < -0.4 is 10.5 Å². The van der Waals surface area contributed by atoms with Crippen molar-refractivity contribution in [2.75, 3.05) is 12.8 Å². The Hall–Kier alpha value is -2.21. The monoisotopic (exact) mass is 348 g/mol. The van der Waals surface area contributed by atoms with E-state index in [1.807, 2.05) is 0 Å². The van der Waals surface area contributed by atoms with Gasteiger partial charge in [0, 0.05) is 11.8 Å². The molecule has 0 amide bonds. The molecule has 0 aliphatic rings. The summed E-state index contributed by atoms with van der Waals surface area (Å²) >= 11 is 3.42. The summed E-state index contributed by atoms with van der Waals surface area (Å²) in [6, 6.07) is 6.89. The molecule has 6 heteroatoms. The number of oxazole rings is 1. The summed E-state index contributed by atoms with van der Waals surface area (Å²) in [5.41, 5.74) is 8.73. The first-order valence-electron chi connectivity index (χ1n) is 6.23. The number of hydrogen-bond acceptors (Lipinski definition) is 5. The smallest absolute Gasteiger partial charge is 0.231 e. The average molecular weight is 349 g/mol. The van der Waals surface area contributed by atoms with E-state index in [1.54, 1.807) is 38.3 Å². The molecule has 0 unspecified atom stereocenters. The predicted octanol–water partition coefficient (Wildman–Crippen LogP) is 3.86. The predicted molar refractivity (Wildman–Crippen MR) is 84.5 cm³/mol. The molecule has 0 fully saturated rings. The minimum Gasteiger partial charge on any atom is -0.507 e. The summed E-state index contributed by atoms with van der Waals surface area (Å²) in [7, 11) is 1.59. The van der Waals surface area contributed by atoms with E-state index in [4.69, 9.17) is 14.9 Å². The fourth-order valence-corrected chi connectivity index (χ4v) is 2.68. The molecule has 0 radical (unpaired) electrons. The van der Waals surface area contributed by atoms with Crippen molar-refractivity contribution in [3.8, 4) is 23.0 Å². The van der Waals surface area contributed by atoms with Gasteiger partial charge in [-0.15, -0.1) is 0 Å². The SMILES string of the molecule is COc1cc(Br)c2oc(-c3cc(N)cc(C)c3O)nc2c1. The molecule has 1 aromatic heterocycles. The van der Waals surface area contributed by atoms with E-state index in [-0.39, 0.29) is 5.75 Å². The first-order valence-corrected chi connectivity index (χ1v) is 7.02. The minimum atomic E-state index is 0.110. The Kier molecular flexibility index (Phi) is 3.25. The summed E-state index contributed by atoms with van der Waals surface area (Å²) < 4.78 is 11.7. The zero-order valence-corrected chi connectivity index (χ0v) is 13.1. The molecule has 0 saturated heterocycles. The van der Waals surface area contributed by atoms with Crippen molar-refractivity contribution in [3.63, 3.8) is 0 Å². The van der Waals surface area contributed by atoms with Gasteiger partial charge in [-0.2, -0.15) is 0 Å². The molecule has 21 heavy (non-hydrogen) atoms. The second-order valence-electron chi connectivity index (χ2n) is 4.71. The summed E-state index contributed by atoms with van der Waals surface area (Å²) in [4.78, 5) is 4.40. The molecule has 2 aromatic carbocycles. The maximum atomic E-state index is 10.2. The van der Waals surface area contributed by atoms with Crippen LogP contribution in [0, 0.1) is 6.92 Å². The Balaban J connectivity index is 2.25. The van der Waals surface area contributed by atoms with E-state index in [0.717, 1.165) is 4.47 Å². The summed E-state index contributed by atoms with van der Waals surface area (Å²) in [6.45, 7) is 1.77. The quantitative estimate of drug-likeness (QED) is 0.542. The molecule has 5 nitrogen and oxygen atoms in total. The van der Waals surface area contributed by atoms with Gasteiger partial charge in [-0.05, 0) is 46.6 Å². The number of methoxy groups -OCH3 is 1. The van der Waals surface area contributed by atoms with Crippen LogP contribution in [0.1, 0.15) is 5.56 Å². The number of phenols is 1. The summed E-state index contributed by atoms with van der Waals surface area (Å²) in [5.74, 6) is 1.09. The van der Waals surface area contributed by atoms with Gasteiger partial charge in [0.1, 0.15) is 17.0 Å². The second kappa shape index (κ2) is 4.96. The second-order valence-corrected chi connectivity index (χ2v) is 5.56. The lowest BCUT2D eigenvalue weighted by Crippen LogP contribution is -1.89. The van der Waals surface area contributed by atoms with E-state index < -0.39 is 0 Å². The summed E-state index contributed by atoms with van der Waals surface area (Å²) in [5, 5.41) is 10.2. The maximum Gasteiger partial charge on any atom is 0.231 e. The molecule has 3 aromatic rings. The topological polar surface area (TPSA) is 81.5 Å². The number of benzene rings is 2. The number of phenolic OH excluding ortho intramolecular Hbond substituents is 1. The number of hydrogen-bond donors (Lipinski definition) is 2. The van der Waals surface area contributed by atoms with Gasteiger partial charge in [-0.3, -0.25) is 0 Å². The van der Waals surface area contributed by atoms with Crippen molar-refractivity contribution in [2.24, 2.45) is 0 Å². The van der Waals surface area contributed by atoms with Gasteiger partial charge in [-0.1, -0.05) is 0 Å². The van der Waals surface area contributed by atoms with E-state index in [0.29, 0.717) is 39.6 Å². The highest BCUT2D eigenvalue weighted by Gasteiger charge is 2.17. The van der Waals surface area contributed by atoms with Crippen molar-refractivity contribution >= 4 is 32.7 Å². The van der Waals surface area contributed by atoms with Crippen LogP contribution in [0.3, 0.4) is 0 Å². The summed E-state index contributed by atoms with van der Waals surface area (Å²) in [6.07, 6.45) is 0. The Morgan fingerprint density at radius 1 is 1.29 bits per heavy atom. The minimum absolute atomic E-state index is 0.110. The van der Waals surface area contributed by atoms with Gasteiger partial charge >= 0.3 is 0 Å². The van der Waals surface area contributed by atoms with E-state index in [9.17, 15) is 5.11 Å². The van der Waals surface area contributed by atoms with Crippen molar-refractivity contribution in [1.29, 1.82) is 0 Å². The molecule has 0 bridgehead atoms. The highest BCUT2D eigenvalue weighted by molar-refractivity contribution is 9.10. The molecule has 3 N–H and O–H groups in total. The number of fused-ring (bicyclic) bond motifs is 1. The van der Waals surface area contributed by atoms with Crippen LogP contribution in [0.5, 0.6) is 11.5 Å². The van der Waals surface area contributed by atoms with Crippen molar-refractivity contribution < 1.29 is 14.3 Å². The molecule has 108 valence electrons. The van der Waals surface area contributed by atoms with Crippen LogP contribution >= 0.6 is 15.9 Å². The average Bonchev–Trinajstić information content (AvgIpc) is 2.87. The molecule has 0 aliphatic carbocycles. The van der Waals surface area contributed by atoms with Crippen LogP contribution in [0.4, 0.5) is 5.69 Å². The zero-order chi connectivity index (χ0) is 15.1. The Morgan fingerprint density at radius 3 is 2.76 bits per heavy atom. The number of nitrogens with two attached hydrogens (primary N) is 1. The van der Waals surface area contributed by atoms with Crippen LogP contribution in [0.15, 0.2) is 33.2 Å². The van der Waals surface area contributed by atoms with Gasteiger partial charge in [-0.25, -0.2) is 4.98 Å². The Labute approximate surface area is 129 Å².